The van der Waals surface area contributed by atoms with Gasteiger partial charge in [0, 0.05) is 33.9 Å². The Bertz CT molecular complexity index is 875. The predicted octanol–water partition coefficient (Wildman–Crippen LogP) is 4.96. The first-order valence-electron chi connectivity index (χ1n) is 9.58. The molecule has 1 rings (SSSR count). The smallest absolute Gasteiger partial charge is 0.338 e. The fourth-order valence-corrected chi connectivity index (χ4v) is 8.02. The van der Waals surface area contributed by atoms with Crippen LogP contribution < -0.4 is 9.80 Å². The van der Waals surface area contributed by atoms with Gasteiger partial charge in [-0.1, -0.05) is 19.3 Å². The van der Waals surface area contributed by atoms with Crippen molar-refractivity contribution in [2.24, 2.45) is 0 Å². The highest BCUT2D eigenvalue weighted by Gasteiger charge is 2.30. The number of hydrogen-bond donors (Lipinski definition) is 2. The van der Waals surface area contributed by atoms with Crippen LogP contribution in [0.5, 0.6) is 0 Å². The largest absolute Gasteiger partial charge is 0.481 e. The number of carboxylic acid groups (broad SMARTS) is 2. The van der Waals surface area contributed by atoms with E-state index in [9.17, 15) is 24.3 Å². The Balaban J connectivity index is 3.06. The fourth-order valence-electron chi connectivity index (χ4n) is 2.95. The number of halogens is 3. The van der Waals surface area contributed by atoms with Gasteiger partial charge in [-0.3, -0.25) is 14.4 Å². The van der Waals surface area contributed by atoms with E-state index in [2.05, 4.69) is 22.6 Å². The van der Waals surface area contributed by atoms with Gasteiger partial charge in [0.1, 0.15) is 0 Å². The normalized spacial score (nSPS) is 10.6. The lowest BCUT2D eigenvalue weighted by Gasteiger charge is -2.27. The molecule has 0 saturated carbocycles. The molecule has 0 atom stereocenters. The zero-order chi connectivity index (χ0) is 23.9. The zero-order valence-electron chi connectivity index (χ0n) is 17.5. The molecule has 0 aliphatic heterocycles. The third-order valence-corrected chi connectivity index (χ3v) is 7.91. The van der Waals surface area contributed by atoms with Crippen LogP contribution in [-0.2, 0) is 14.4 Å². The second-order valence-electron chi connectivity index (χ2n) is 7.01. The van der Waals surface area contributed by atoms with E-state index in [1.54, 1.807) is 14.1 Å². The maximum absolute atomic E-state index is 12.8. The molecule has 0 saturated heterocycles. The SMILES string of the molecule is CC(=O)N(C)c1c(I)c(C(=O)O)c(I)c(N(C)C(=O)CCCCCCCC(=O)O)c1I. The van der Waals surface area contributed by atoms with E-state index in [4.69, 9.17) is 5.11 Å². The van der Waals surface area contributed by atoms with Gasteiger partial charge in [0.15, 0.2) is 0 Å². The van der Waals surface area contributed by atoms with Crippen LogP contribution >= 0.6 is 67.8 Å². The number of aliphatic carboxylic acids is 1. The molecule has 1 aromatic rings. The summed E-state index contributed by atoms with van der Waals surface area (Å²) < 4.78 is 1.53. The minimum absolute atomic E-state index is 0.0674. The summed E-state index contributed by atoms with van der Waals surface area (Å²) in [5.41, 5.74) is 1.02. The van der Waals surface area contributed by atoms with E-state index in [1.165, 1.54) is 16.7 Å². The van der Waals surface area contributed by atoms with E-state index in [0.717, 1.165) is 19.3 Å². The van der Waals surface area contributed by atoms with Crippen molar-refractivity contribution in [2.45, 2.75) is 51.9 Å². The second-order valence-corrected chi connectivity index (χ2v) is 10.2. The summed E-state index contributed by atoms with van der Waals surface area (Å²) in [7, 11) is 3.20. The molecule has 0 radical (unpaired) electrons. The number of aromatic carboxylic acids is 1. The van der Waals surface area contributed by atoms with E-state index in [-0.39, 0.29) is 23.8 Å². The number of anilines is 2. The molecule has 0 spiro atoms. The first kappa shape index (κ1) is 28.3. The van der Waals surface area contributed by atoms with Gasteiger partial charge in [-0.15, -0.1) is 0 Å². The summed E-state index contributed by atoms with van der Waals surface area (Å²) >= 11 is 5.93. The molecule has 2 N–H and O–H groups in total. The lowest BCUT2D eigenvalue weighted by Crippen LogP contribution is -2.31. The Kier molecular flexibility index (Phi) is 12.0. The summed E-state index contributed by atoms with van der Waals surface area (Å²) in [6.07, 6.45) is 4.25. The molecular formula is C20H25I3N2O6. The van der Waals surface area contributed by atoms with Crippen LogP contribution in [0, 0.1) is 10.7 Å². The van der Waals surface area contributed by atoms with Gasteiger partial charge in [-0.2, -0.15) is 0 Å². The number of carboxylic acids is 2. The molecular weight excluding hydrogens is 745 g/mol. The molecule has 8 nitrogen and oxygen atoms in total. The van der Waals surface area contributed by atoms with Crippen LogP contribution in [0.2, 0.25) is 0 Å². The predicted molar refractivity (Wildman–Crippen MR) is 144 cm³/mol. The van der Waals surface area contributed by atoms with E-state index >= 15 is 0 Å². The van der Waals surface area contributed by atoms with Crippen molar-refractivity contribution in [2.75, 3.05) is 23.9 Å². The Morgan fingerprint density at radius 3 is 1.65 bits per heavy atom. The molecule has 0 fully saturated rings. The van der Waals surface area contributed by atoms with Gasteiger partial charge in [-0.05, 0) is 80.6 Å². The molecule has 0 aliphatic rings. The summed E-state index contributed by atoms with van der Waals surface area (Å²) in [4.78, 5) is 50.1. The van der Waals surface area contributed by atoms with Crippen molar-refractivity contribution in [3.05, 3.63) is 16.3 Å². The fraction of sp³-hybridized carbons (Fsp3) is 0.500. The van der Waals surface area contributed by atoms with Crippen LogP contribution in [0.4, 0.5) is 11.4 Å². The zero-order valence-corrected chi connectivity index (χ0v) is 24.0. The van der Waals surface area contributed by atoms with Crippen molar-refractivity contribution in [1.29, 1.82) is 0 Å². The van der Waals surface area contributed by atoms with Crippen molar-refractivity contribution < 1.29 is 29.4 Å². The first-order chi connectivity index (χ1) is 14.4. The minimum Gasteiger partial charge on any atom is -0.481 e. The summed E-state index contributed by atoms with van der Waals surface area (Å²) in [5, 5.41) is 18.4. The van der Waals surface area contributed by atoms with Crippen molar-refractivity contribution in [3.63, 3.8) is 0 Å². The van der Waals surface area contributed by atoms with Crippen LogP contribution in [0.1, 0.15) is 62.2 Å². The van der Waals surface area contributed by atoms with Crippen molar-refractivity contribution >= 4 is 103 Å². The number of carbonyl (C=O) groups excluding carboxylic acids is 2. The summed E-state index contributed by atoms with van der Waals surface area (Å²) in [6.45, 7) is 1.40. The van der Waals surface area contributed by atoms with Crippen molar-refractivity contribution in [1.82, 2.24) is 0 Å². The van der Waals surface area contributed by atoms with Gasteiger partial charge in [0.05, 0.1) is 27.6 Å². The third-order valence-electron chi connectivity index (χ3n) is 4.78. The molecule has 2 amide bonds. The minimum atomic E-state index is -1.12. The molecule has 172 valence electrons. The Labute approximate surface area is 222 Å². The van der Waals surface area contributed by atoms with Gasteiger partial charge >= 0.3 is 11.9 Å². The highest BCUT2D eigenvalue weighted by atomic mass is 127. The molecule has 31 heavy (non-hydrogen) atoms. The molecule has 0 aliphatic carbocycles. The standard InChI is InChI=1S/C20H25I3N2O6/c1-11(26)24(2)18-15(21)14(20(30)31)16(22)19(17(18)23)25(3)12(27)9-7-5-4-6-8-10-13(28)29/h4-10H2,1-3H3,(H,28,29)(H,30,31). The molecule has 1 aromatic carbocycles. The maximum Gasteiger partial charge on any atom is 0.338 e. The monoisotopic (exact) mass is 770 g/mol. The highest BCUT2D eigenvalue weighted by molar-refractivity contribution is 14.1. The van der Waals surface area contributed by atoms with E-state index in [0.29, 0.717) is 41.3 Å². The highest BCUT2D eigenvalue weighted by Crippen LogP contribution is 2.42. The maximum atomic E-state index is 12.8. The first-order valence-corrected chi connectivity index (χ1v) is 12.8. The third kappa shape index (κ3) is 7.68. The van der Waals surface area contributed by atoms with Gasteiger partial charge < -0.3 is 20.0 Å². The summed E-state index contributed by atoms with van der Waals surface area (Å²) in [6, 6.07) is 0. The number of hydrogen-bond acceptors (Lipinski definition) is 4. The second kappa shape index (κ2) is 13.1. The lowest BCUT2D eigenvalue weighted by atomic mass is 10.1. The molecule has 0 unspecified atom stereocenters. The average molecular weight is 770 g/mol. The summed E-state index contributed by atoms with van der Waals surface area (Å²) in [5.74, 6) is -2.30. The van der Waals surface area contributed by atoms with E-state index < -0.39 is 11.9 Å². The number of unbranched alkanes of at least 4 members (excludes halogenated alkanes) is 4. The number of amides is 2. The Hall–Kier alpha value is -0.710. The number of carbonyl (C=O) groups is 4. The number of benzene rings is 1. The Morgan fingerprint density at radius 2 is 1.19 bits per heavy atom. The quantitative estimate of drug-likeness (QED) is 0.243. The number of rotatable bonds is 11. The van der Waals surface area contributed by atoms with Gasteiger partial charge in [0.2, 0.25) is 11.8 Å². The van der Waals surface area contributed by atoms with Crippen LogP contribution in [0.25, 0.3) is 0 Å². The van der Waals surface area contributed by atoms with Crippen LogP contribution in [0.3, 0.4) is 0 Å². The van der Waals surface area contributed by atoms with Gasteiger partial charge in [-0.25, -0.2) is 4.79 Å². The topological polar surface area (TPSA) is 115 Å². The molecule has 11 heteroatoms. The molecule has 0 bridgehead atoms. The van der Waals surface area contributed by atoms with Gasteiger partial charge in [0.25, 0.3) is 0 Å². The van der Waals surface area contributed by atoms with Crippen LogP contribution in [-0.4, -0.2) is 48.1 Å². The van der Waals surface area contributed by atoms with Crippen LogP contribution in [0.15, 0.2) is 0 Å². The molecule has 0 heterocycles. The average Bonchev–Trinajstić information content (AvgIpc) is 2.65. The van der Waals surface area contributed by atoms with E-state index in [1.807, 2.05) is 45.2 Å². The van der Waals surface area contributed by atoms with Crippen molar-refractivity contribution in [3.8, 4) is 0 Å². The Morgan fingerprint density at radius 1 is 0.742 bits per heavy atom. The number of nitrogens with zero attached hydrogens (tertiary/aromatic N) is 2. The molecule has 0 aromatic heterocycles. The lowest BCUT2D eigenvalue weighted by molar-refractivity contribution is -0.137.